The minimum Gasteiger partial charge on any atom is -0.496 e. The van der Waals surface area contributed by atoms with E-state index < -0.39 is 30.2 Å². The number of aliphatic hydroxyl groups excluding tert-OH is 1. The Kier molecular flexibility index (Phi) is 5.76. The predicted molar refractivity (Wildman–Crippen MR) is 80.1 cm³/mol. The molecule has 1 amide bonds. The van der Waals surface area contributed by atoms with Gasteiger partial charge >= 0.3 is 12.1 Å². The maximum absolute atomic E-state index is 11.7. The van der Waals surface area contributed by atoms with Crippen molar-refractivity contribution < 1.29 is 29.3 Å². The molecule has 0 aliphatic carbocycles. The van der Waals surface area contributed by atoms with Gasteiger partial charge in [-0.15, -0.1) is 0 Å². The lowest BCUT2D eigenvalue weighted by Gasteiger charge is -2.20. The molecule has 7 nitrogen and oxygen atoms in total. The van der Waals surface area contributed by atoms with E-state index in [9.17, 15) is 14.7 Å². The van der Waals surface area contributed by atoms with Crippen molar-refractivity contribution in [2.75, 3.05) is 12.4 Å². The third-order valence-corrected chi connectivity index (χ3v) is 2.60. The third-order valence-electron chi connectivity index (χ3n) is 2.60. The number of rotatable bonds is 5. The summed E-state index contributed by atoms with van der Waals surface area (Å²) in [5, 5.41) is 21.2. The van der Waals surface area contributed by atoms with Crippen LogP contribution in [0.5, 0.6) is 5.75 Å². The molecule has 3 N–H and O–H groups in total. The fourth-order valence-electron chi connectivity index (χ4n) is 1.77. The van der Waals surface area contributed by atoms with Crippen molar-refractivity contribution in [1.82, 2.24) is 0 Å². The number of ether oxygens (including phenoxy) is 2. The summed E-state index contributed by atoms with van der Waals surface area (Å²) < 4.78 is 10.2. The van der Waals surface area contributed by atoms with E-state index in [0.717, 1.165) is 0 Å². The topological polar surface area (TPSA) is 105 Å². The van der Waals surface area contributed by atoms with Gasteiger partial charge in [0.1, 0.15) is 11.4 Å². The number of hydrogen-bond donors (Lipinski definition) is 3. The van der Waals surface area contributed by atoms with Crippen LogP contribution < -0.4 is 10.1 Å². The van der Waals surface area contributed by atoms with Gasteiger partial charge in [-0.2, -0.15) is 0 Å². The molecule has 1 aromatic rings. The molecule has 0 saturated heterocycles. The molecule has 7 heteroatoms. The Morgan fingerprint density at radius 1 is 1.32 bits per heavy atom. The minimum atomic E-state index is -1.24. The number of aliphatic hydroxyl groups is 1. The molecule has 22 heavy (non-hydrogen) atoms. The van der Waals surface area contributed by atoms with Crippen LogP contribution in [0.4, 0.5) is 10.5 Å². The summed E-state index contributed by atoms with van der Waals surface area (Å²) in [7, 11) is 1.41. The van der Waals surface area contributed by atoms with Crippen molar-refractivity contribution in [1.29, 1.82) is 0 Å². The van der Waals surface area contributed by atoms with Gasteiger partial charge in [0.25, 0.3) is 0 Å². The Morgan fingerprint density at radius 2 is 1.95 bits per heavy atom. The van der Waals surface area contributed by atoms with Gasteiger partial charge in [0.15, 0.2) is 0 Å². The number of benzene rings is 1. The van der Waals surface area contributed by atoms with Crippen molar-refractivity contribution >= 4 is 17.7 Å². The van der Waals surface area contributed by atoms with Crippen molar-refractivity contribution in [2.45, 2.75) is 38.9 Å². The van der Waals surface area contributed by atoms with Crippen molar-refractivity contribution in [2.24, 2.45) is 0 Å². The van der Waals surface area contributed by atoms with Crippen LogP contribution in [0.15, 0.2) is 18.2 Å². The van der Waals surface area contributed by atoms with Crippen LogP contribution in [-0.4, -0.2) is 35.0 Å². The monoisotopic (exact) mass is 311 g/mol. The fourth-order valence-corrected chi connectivity index (χ4v) is 1.77. The van der Waals surface area contributed by atoms with Crippen LogP contribution in [0, 0.1) is 0 Å². The van der Waals surface area contributed by atoms with Gasteiger partial charge in [-0.05, 0) is 39.0 Å². The zero-order valence-electron chi connectivity index (χ0n) is 13.0. The first kappa shape index (κ1) is 17.8. The molecule has 0 radical (unpaired) electrons. The highest BCUT2D eigenvalue weighted by molar-refractivity contribution is 5.85. The molecule has 122 valence electrons. The summed E-state index contributed by atoms with van der Waals surface area (Å²) >= 11 is 0. The van der Waals surface area contributed by atoms with Crippen molar-refractivity contribution in [3.05, 3.63) is 23.8 Å². The Morgan fingerprint density at radius 3 is 2.45 bits per heavy atom. The van der Waals surface area contributed by atoms with Crippen LogP contribution >= 0.6 is 0 Å². The second-order valence-corrected chi connectivity index (χ2v) is 5.70. The molecule has 0 heterocycles. The van der Waals surface area contributed by atoms with E-state index in [2.05, 4.69) is 5.32 Å². The first-order chi connectivity index (χ1) is 10.1. The molecule has 1 atom stereocenters. The Hall–Kier alpha value is -2.28. The van der Waals surface area contributed by atoms with E-state index in [1.54, 1.807) is 26.8 Å². The first-order valence-electron chi connectivity index (χ1n) is 6.70. The van der Waals surface area contributed by atoms with E-state index in [4.69, 9.17) is 14.6 Å². The average Bonchev–Trinajstić information content (AvgIpc) is 2.35. The molecule has 0 bridgehead atoms. The van der Waals surface area contributed by atoms with Crippen LogP contribution in [-0.2, 0) is 9.53 Å². The lowest BCUT2D eigenvalue weighted by atomic mass is 10.0. The van der Waals surface area contributed by atoms with Crippen LogP contribution in [0.25, 0.3) is 0 Å². The normalized spacial score (nSPS) is 12.4. The number of carboxylic acids is 1. The maximum Gasteiger partial charge on any atom is 0.412 e. The average molecular weight is 311 g/mol. The lowest BCUT2D eigenvalue weighted by molar-refractivity contribution is -0.139. The SMILES string of the molecule is COc1ccc(NC(=O)OC(C)(C)C)cc1[C@@H](O)CC(=O)O. The number of carbonyl (C=O) groups is 2. The molecular formula is C15H21NO6. The second kappa shape index (κ2) is 7.13. The number of methoxy groups -OCH3 is 1. The smallest absolute Gasteiger partial charge is 0.412 e. The van der Waals surface area contributed by atoms with Crippen molar-refractivity contribution in [3.8, 4) is 5.75 Å². The predicted octanol–water partition coefficient (Wildman–Crippen LogP) is 2.55. The molecule has 0 saturated carbocycles. The number of hydrogen-bond acceptors (Lipinski definition) is 5. The van der Waals surface area contributed by atoms with E-state index in [1.165, 1.54) is 19.2 Å². The second-order valence-electron chi connectivity index (χ2n) is 5.70. The van der Waals surface area contributed by atoms with Gasteiger partial charge in [-0.1, -0.05) is 0 Å². The zero-order valence-corrected chi connectivity index (χ0v) is 13.0. The van der Waals surface area contributed by atoms with Crippen LogP contribution in [0.2, 0.25) is 0 Å². The minimum absolute atomic E-state index is 0.276. The largest absolute Gasteiger partial charge is 0.496 e. The highest BCUT2D eigenvalue weighted by Gasteiger charge is 2.19. The zero-order chi connectivity index (χ0) is 16.9. The number of anilines is 1. The van der Waals surface area contributed by atoms with Crippen LogP contribution in [0.1, 0.15) is 38.9 Å². The highest BCUT2D eigenvalue weighted by atomic mass is 16.6. The summed E-state index contributed by atoms with van der Waals surface area (Å²) in [6.07, 6.45) is -2.35. The van der Waals surface area contributed by atoms with Gasteiger partial charge in [0, 0.05) is 11.3 Å². The van der Waals surface area contributed by atoms with Gasteiger partial charge in [0.05, 0.1) is 19.6 Å². The van der Waals surface area contributed by atoms with E-state index in [1.807, 2.05) is 0 Å². The summed E-state index contributed by atoms with van der Waals surface area (Å²) in [6, 6.07) is 4.56. The molecule has 0 unspecified atom stereocenters. The molecule has 1 rings (SSSR count). The molecule has 0 fully saturated rings. The highest BCUT2D eigenvalue weighted by Crippen LogP contribution is 2.30. The Balaban J connectivity index is 2.94. The number of amides is 1. The summed E-state index contributed by atoms with van der Waals surface area (Å²) in [5.74, 6) is -0.802. The van der Waals surface area contributed by atoms with Gasteiger partial charge in [0.2, 0.25) is 0 Å². The molecule has 0 spiro atoms. The van der Waals surface area contributed by atoms with E-state index in [0.29, 0.717) is 11.4 Å². The number of aliphatic carboxylic acids is 1. The van der Waals surface area contributed by atoms with E-state index >= 15 is 0 Å². The van der Waals surface area contributed by atoms with E-state index in [-0.39, 0.29) is 5.56 Å². The standard InChI is InChI=1S/C15H21NO6/c1-15(2,3)22-14(20)16-9-5-6-12(21-4)10(7-9)11(17)8-13(18)19/h5-7,11,17H,8H2,1-4H3,(H,16,20)(H,18,19)/t11-/m0/s1. The van der Waals surface area contributed by atoms with Crippen molar-refractivity contribution in [3.63, 3.8) is 0 Å². The third kappa shape index (κ3) is 5.61. The van der Waals surface area contributed by atoms with Gasteiger partial charge < -0.3 is 19.7 Å². The maximum atomic E-state index is 11.7. The molecule has 0 aliphatic heterocycles. The number of carboxylic acid groups (broad SMARTS) is 1. The molecule has 0 aliphatic rings. The lowest BCUT2D eigenvalue weighted by Crippen LogP contribution is -2.27. The number of carbonyl (C=O) groups excluding carboxylic acids is 1. The Labute approximate surface area is 128 Å². The van der Waals surface area contributed by atoms with Gasteiger partial charge in [-0.25, -0.2) is 4.79 Å². The summed E-state index contributed by atoms with van der Waals surface area (Å²) in [4.78, 5) is 22.4. The molecule has 0 aromatic heterocycles. The van der Waals surface area contributed by atoms with Crippen LogP contribution in [0.3, 0.4) is 0 Å². The Bertz CT molecular complexity index is 549. The summed E-state index contributed by atoms with van der Waals surface area (Å²) in [5.41, 5.74) is 0.00955. The number of nitrogens with one attached hydrogen (secondary N) is 1. The fraction of sp³-hybridized carbons (Fsp3) is 0.467. The summed E-state index contributed by atoms with van der Waals surface area (Å²) in [6.45, 7) is 5.22. The molecule has 1 aromatic carbocycles. The molecular weight excluding hydrogens is 290 g/mol. The first-order valence-corrected chi connectivity index (χ1v) is 6.70. The quantitative estimate of drug-likeness (QED) is 0.772. The van der Waals surface area contributed by atoms with Gasteiger partial charge in [-0.3, -0.25) is 10.1 Å².